The van der Waals surface area contributed by atoms with Gasteiger partial charge in [-0.3, -0.25) is 4.90 Å². The smallest absolute Gasteiger partial charge is 0.433 e. The zero-order valence-electron chi connectivity index (χ0n) is 17.5. The van der Waals surface area contributed by atoms with Gasteiger partial charge in [0.2, 0.25) is 0 Å². The van der Waals surface area contributed by atoms with Crippen LogP contribution in [0.4, 0.5) is 13.2 Å². The standard InChI is InChI=1S/C22H25F3N4O2/c1-15-12-20(22(23,24)25)29-21(26-15)13-18(27-29)19-4-3-9-28(19)14-16-5-7-17(8-6-16)31-11-10-30-2/h5-8,12-13,19H,3-4,9-11,14H2,1-2H3/t19-/m0/s1. The molecule has 3 heterocycles. The SMILES string of the molecule is COCCOc1ccc(CN2CCC[C@H]2c2cc3nc(C)cc(C(F)(F)F)n3n2)cc1. The molecule has 1 aliphatic heterocycles. The highest BCUT2D eigenvalue weighted by Gasteiger charge is 2.36. The number of halogens is 3. The maximum atomic E-state index is 13.5. The molecule has 4 rings (SSSR count). The molecule has 2 aromatic heterocycles. The minimum atomic E-state index is -4.49. The number of hydrogen-bond acceptors (Lipinski definition) is 5. The molecule has 0 bridgehead atoms. The van der Waals surface area contributed by atoms with E-state index in [-0.39, 0.29) is 11.7 Å². The summed E-state index contributed by atoms with van der Waals surface area (Å²) in [6, 6.07) is 10.5. The number of nitrogens with zero attached hydrogens (tertiary/aromatic N) is 4. The second-order valence-corrected chi connectivity index (χ2v) is 7.73. The quantitative estimate of drug-likeness (QED) is 0.516. The van der Waals surface area contributed by atoms with Crippen molar-refractivity contribution in [1.29, 1.82) is 0 Å². The number of ether oxygens (including phenoxy) is 2. The number of methoxy groups -OCH3 is 1. The van der Waals surface area contributed by atoms with E-state index in [2.05, 4.69) is 15.0 Å². The van der Waals surface area contributed by atoms with Gasteiger partial charge in [0.25, 0.3) is 0 Å². The van der Waals surface area contributed by atoms with Crippen LogP contribution < -0.4 is 4.74 Å². The normalized spacial score (nSPS) is 17.5. The van der Waals surface area contributed by atoms with Crippen molar-refractivity contribution in [3.8, 4) is 5.75 Å². The fourth-order valence-electron chi connectivity index (χ4n) is 4.00. The second-order valence-electron chi connectivity index (χ2n) is 7.73. The van der Waals surface area contributed by atoms with Crippen LogP contribution >= 0.6 is 0 Å². The zero-order valence-corrected chi connectivity index (χ0v) is 17.5. The molecule has 0 saturated carbocycles. The van der Waals surface area contributed by atoms with Crippen molar-refractivity contribution < 1.29 is 22.6 Å². The lowest BCUT2D eigenvalue weighted by Crippen LogP contribution is -2.23. The molecule has 0 N–H and O–H groups in total. The molecule has 0 radical (unpaired) electrons. The van der Waals surface area contributed by atoms with Crippen molar-refractivity contribution in [3.05, 3.63) is 59.0 Å². The predicted molar refractivity (Wildman–Crippen MR) is 109 cm³/mol. The average Bonchev–Trinajstić information content (AvgIpc) is 3.34. The van der Waals surface area contributed by atoms with Crippen LogP contribution in [0, 0.1) is 6.92 Å². The molecule has 9 heteroatoms. The number of hydrogen-bond donors (Lipinski definition) is 0. The monoisotopic (exact) mass is 434 g/mol. The number of fused-ring (bicyclic) bond motifs is 1. The van der Waals surface area contributed by atoms with Gasteiger partial charge in [-0.1, -0.05) is 12.1 Å². The first-order chi connectivity index (χ1) is 14.8. The van der Waals surface area contributed by atoms with E-state index in [0.717, 1.165) is 41.3 Å². The highest BCUT2D eigenvalue weighted by molar-refractivity contribution is 5.43. The summed E-state index contributed by atoms with van der Waals surface area (Å²) in [5, 5.41) is 4.31. The minimum Gasteiger partial charge on any atom is -0.491 e. The summed E-state index contributed by atoms with van der Waals surface area (Å²) >= 11 is 0. The Hall–Kier alpha value is -2.65. The largest absolute Gasteiger partial charge is 0.491 e. The van der Waals surface area contributed by atoms with Gasteiger partial charge in [-0.05, 0) is 50.1 Å². The molecule has 1 fully saturated rings. The first-order valence-corrected chi connectivity index (χ1v) is 10.2. The van der Waals surface area contributed by atoms with Crippen molar-refractivity contribution in [2.45, 2.75) is 38.5 Å². The number of benzene rings is 1. The highest BCUT2D eigenvalue weighted by Crippen LogP contribution is 2.35. The Bertz CT molecular complexity index is 1030. The summed E-state index contributed by atoms with van der Waals surface area (Å²) < 4.78 is 51.9. The Labute approximate surface area is 178 Å². The topological polar surface area (TPSA) is 51.9 Å². The maximum Gasteiger partial charge on any atom is 0.433 e. The van der Waals surface area contributed by atoms with Gasteiger partial charge in [-0.25, -0.2) is 9.50 Å². The van der Waals surface area contributed by atoms with Gasteiger partial charge < -0.3 is 9.47 Å². The van der Waals surface area contributed by atoms with Gasteiger partial charge in [0.15, 0.2) is 5.65 Å². The first kappa shape index (κ1) is 21.6. The summed E-state index contributed by atoms with van der Waals surface area (Å²) in [6.45, 7) is 4.14. The Morgan fingerprint density at radius 1 is 1.13 bits per heavy atom. The lowest BCUT2D eigenvalue weighted by atomic mass is 10.1. The summed E-state index contributed by atoms with van der Waals surface area (Å²) in [7, 11) is 1.63. The molecule has 31 heavy (non-hydrogen) atoms. The van der Waals surface area contributed by atoms with Gasteiger partial charge in [0.1, 0.15) is 18.1 Å². The molecule has 0 aliphatic carbocycles. The fourth-order valence-corrected chi connectivity index (χ4v) is 4.00. The van der Waals surface area contributed by atoms with Gasteiger partial charge in [-0.2, -0.15) is 18.3 Å². The molecule has 1 atom stereocenters. The van der Waals surface area contributed by atoms with Crippen molar-refractivity contribution >= 4 is 5.65 Å². The minimum absolute atomic E-state index is 0.0410. The van der Waals surface area contributed by atoms with E-state index in [4.69, 9.17) is 9.47 Å². The third kappa shape index (κ3) is 4.83. The molecule has 3 aromatic rings. The van der Waals surface area contributed by atoms with E-state index in [1.807, 2.05) is 24.3 Å². The molecular formula is C22H25F3N4O2. The Morgan fingerprint density at radius 3 is 2.61 bits per heavy atom. The molecule has 0 spiro atoms. The predicted octanol–water partition coefficient (Wildman–Crippen LogP) is 4.42. The maximum absolute atomic E-state index is 13.5. The van der Waals surface area contributed by atoms with Crippen molar-refractivity contribution in [2.75, 3.05) is 26.9 Å². The summed E-state index contributed by atoms with van der Waals surface area (Å²) in [5.74, 6) is 0.778. The molecule has 1 saturated heterocycles. The van der Waals surface area contributed by atoms with Gasteiger partial charge in [0.05, 0.1) is 18.3 Å². The van der Waals surface area contributed by atoms with Crippen LogP contribution in [-0.4, -0.2) is 46.4 Å². The first-order valence-electron chi connectivity index (χ1n) is 10.2. The van der Waals surface area contributed by atoms with Crippen molar-refractivity contribution in [1.82, 2.24) is 19.5 Å². The fraction of sp³-hybridized carbons (Fsp3) is 0.455. The average molecular weight is 434 g/mol. The number of aromatic nitrogens is 3. The van der Waals surface area contributed by atoms with E-state index < -0.39 is 11.9 Å². The molecule has 6 nitrogen and oxygen atoms in total. The van der Waals surface area contributed by atoms with Crippen LogP contribution in [0.25, 0.3) is 5.65 Å². The molecule has 0 unspecified atom stereocenters. The Morgan fingerprint density at radius 2 is 1.90 bits per heavy atom. The van der Waals surface area contributed by atoms with Gasteiger partial charge in [0, 0.05) is 25.4 Å². The van der Waals surface area contributed by atoms with Crippen LogP contribution in [0.3, 0.4) is 0 Å². The number of aryl methyl sites for hydroxylation is 1. The summed E-state index contributed by atoms with van der Waals surface area (Å²) in [4.78, 5) is 6.50. The van der Waals surface area contributed by atoms with Gasteiger partial charge in [-0.15, -0.1) is 0 Å². The van der Waals surface area contributed by atoms with Crippen LogP contribution in [0.1, 0.15) is 41.5 Å². The van der Waals surface area contributed by atoms with Crippen LogP contribution in [0.2, 0.25) is 0 Å². The molecule has 1 aliphatic rings. The van der Waals surface area contributed by atoms with Crippen LogP contribution in [0.5, 0.6) is 5.75 Å². The molecule has 0 amide bonds. The van der Waals surface area contributed by atoms with Crippen LogP contribution in [0.15, 0.2) is 36.4 Å². The Balaban J connectivity index is 1.53. The second kappa shape index (κ2) is 8.84. The lowest BCUT2D eigenvalue weighted by molar-refractivity contribution is -0.142. The number of rotatable bonds is 7. The van der Waals surface area contributed by atoms with E-state index >= 15 is 0 Å². The van der Waals surface area contributed by atoms with E-state index in [9.17, 15) is 13.2 Å². The van der Waals surface area contributed by atoms with Crippen LogP contribution in [-0.2, 0) is 17.5 Å². The molecule has 1 aromatic carbocycles. The third-order valence-electron chi connectivity index (χ3n) is 5.43. The third-order valence-corrected chi connectivity index (χ3v) is 5.43. The van der Waals surface area contributed by atoms with Crippen molar-refractivity contribution in [3.63, 3.8) is 0 Å². The number of likely N-dealkylation sites (tertiary alicyclic amines) is 1. The zero-order chi connectivity index (χ0) is 22.0. The van der Waals surface area contributed by atoms with Crippen molar-refractivity contribution in [2.24, 2.45) is 0 Å². The summed E-state index contributed by atoms with van der Waals surface area (Å²) in [5.41, 5.74) is 1.49. The van der Waals surface area contributed by atoms with E-state index in [1.165, 1.54) is 0 Å². The number of alkyl halides is 3. The Kier molecular flexibility index (Phi) is 6.15. The summed E-state index contributed by atoms with van der Waals surface area (Å²) in [6.07, 6.45) is -2.67. The molecule has 166 valence electrons. The van der Waals surface area contributed by atoms with E-state index in [0.29, 0.717) is 31.1 Å². The highest BCUT2D eigenvalue weighted by atomic mass is 19.4. The van der Waals surface area contributed by atoms with Gasteiger partial charge >= 0.3 is 6.18 Å². The molecular weight excluding hydrogens is 409 g/mol. The lowest BCUT2D eigenvalue weighted by Gasteiger charge is -2.23. The van der Waals surface area contributed by atoms with E-state index in [1.54, 1.807) is 20.1 Å².